The minimum atomic E-state index is -0.0747. The van der Waals surface area contributed by atoms with Gasteiger partial charge in [0.25, 0.3) is 5.91 Å². The highest BCUT2D eigenvalue weighted by Crippen LogP contribution is 2.22. The van der Waals surface area contributed by atoms with E-state index in [2.05, 4.69) is 73.1 Å². The van der Waals surface area contributed by atoms with E-state index in [1.54, 1.807) is 0 Å². The summed E-state index contributed by atoms with van der Waals surface area (Å²) < 4.78 is 3.10. The van der Waals surface area contributed by atoms with Crippen molar-refractivity contribution in [3.05, 3.63) is 28.4 Å². The number of aliphatic hydroxyl groups is 1. The number of carbonyl (C=O) groups is 1. The minimum absolute atomic E-state index is 0.0747. The first kappa shape index (κ1) is 14.9. The third kappa shape index (κ3) is 4.26. The zero-order valence-electron chi connectivity index (χ0n) is 8.27. The van der Waals surface area contributed by atoms with Crippen LogP contribution in [0.2, 0.25) is 0 Å². The van der Waals surface area contributed by atoms with E-state index in [0.717, 1.165) is 10.7 Å². The molecule has 0 aliphatic carbocycles. The molecular formula is C10H10I3NO2. The van der Waals surface area contributed by atoms with Crippen LogP contribution >= 0.6 is 67.8 Å². The Morgan fingerprint density at radius 2 is 2.00 bits per heavy atom. The fourth-order valence-electron chi connectivity index (χ4n) is 1.10. The van der Waals surface area contributed by atoms with E-state index in [0.29, 0.717) is 18.5 Å². The zero-order valence-corrected chi connectivity index (χ0v) is 14.7. The molecule has 0 aliphatic heterocycles. The Hall–Kier alpha value is 0.840. The Morgan fingerprint density at radius 3 is 2.62 bits per heavy atom. The molecule has 0 aromatic heterocycles. The molecule has 1 rings (SSSR count). The fourth-order valence-corrected chi connectivity index (χ4v) is 3.50. The van der Waals surface area contributed by atoms with Crippen LogP contribution in [0.1, 0.15) is 16.8 Å². The monoisotopic (exact) mass is 557 g/mol. The van der Waals surface area contributed by atoms with Gasteiger partial charge in [-0.05, 0) is 86.3 Å². The second-order valence-electron chi connectivity index (χ2n) is 3.08. The highest BCUT2D eigenvalue weighted by molar-refractivity contribution is 14.1. The average molecular weight is 557 g/mol. The first-order valence-electron chi connectivity index (χ1n) is 4.60. The first-order chi connectivity index (χ1) is 7.56. The van der Waals surface area contributed by atoms with Crippen molar-refractivity contribution in [1.82, 2.24) is 5.32 Å². The molecule has 0 unspecified atom stereocenters. The summed E-state index contributed by atoms with van der Waals surface area (Å²) in [5, 5.41) is 11.4. The Morgan fingerprint density at radius 1 is 1.31 bits per heavy atom. The summed E-state index contributed by atoms with van der Waals surface area (Å²) in [5.74, 6) is -0.0747. The Balaban J connectivity index is 2.82. The second-order valence-corrected chi connectivity index (χ2v) is 6.57. The van der Waals surface area contributed by atoms with Gasteiger partial charge in [0.05, 0.1) is 5.56 Å². The topological polar surface area (TPSA) is 49.3 Å². The van der Waals surface area contributed by atoms with Crippen molar-refractivity contribution in [3.8, 4) is 0 Å². The molecule has 16 heavy (non-hydrogen) atoms. The first-order valence-corrected chi connectivity index (χ1v) is 7.83. The predicted octanol–water partition coefficient (Wildman–Crippen LogP) is 2.61. The maximum Gasteiger partial charge on any atom is 0.252 e. The molecule has 0 aliphatic rings. The number of hydrogen-bond acceptors (Lipinski definition) is 2. The Labute approximate surface area is 135 Å². The van der Waals surface area contributed by atoms with Crippen LogP contribution in [0.3, 0.4) is 0 Å². The maximum atomic E-state index is 11.8. The van der Waals surface area contributed by atoms with E-state index in [-0.39, 0.29) is 12.5 Å². The van der Waals surface area contributed by atoms with Gasteiger partial charge in [0.1, 0.15) is 0 Å². The number of amides is 1. The van der Waals surface area contributed by atoms with Gasteiger partial charge in [-0.25, -0.2) is 0 Å². The number of carbonyl (C=O) groups excluding carboxylic acids is 1. The van der Waals surface area contributed by atoms with Gasteiger partial charge in [0.2, 0.25) is 0 Å². The van der Waals surface area contributed by atoms with Crippen LogP contribution in [0.25, 0.3) is 0 Å². The molecule has 1 aromatic carbocycles. The molecule has 0 bridgehead atoms. The molecule has 3 nitrogen and oxygen atoms in total. The van der Waals surface area contributed by atoms with Gasteiger partial charge in [-0.15, -0.1) is 0 Å². The molecule has 0 fully saturated rings. The molecule has 2 N–H and O–H groups in total. The minimum Gasteiger partial charge on any atom is -0.396 e. The lowest BCUT2D eigenvalue weighted by Crippen LogP contribution is -2.26. The number of nitrogens with one attached hydrogen (secondary N) is 1. The highest BCUT2D eigenvalue weighted by Gasteiger charge is 2.12. The Kier molecular flexibility index (Phi) is 6.81. The normalized spacial score (nSPS) is 10.2. The molecule has 1 amide bonds. The van der Waals surface area contributed by atoms with Crippen LogP contribution in [0.15, 0.2) is 12.1 Å². The molecule has 88 valence electrons. The van der Waals surface area contributed by atoms with Crippen molar-refractivity contribution in [2.45, 2.75) is 6.42 Å². The molecule has 6 heteroatoms. The predicted molar refractivity (Wildman–Crippen MR) is 88.6 cm³/mol. The smallest absolute Gasteiger partial charge is 0.252 e. The number of halogens is 3. The molecule has 1 aromatic rings. The van der Waals surface area contributed by atoms with E-state index in [9.17, 15) is 4.79 Å². The van der Waals surface area contributed by atoms with Crippen molar-refractivity contribution < 1.29 is 9.90 Å². The molecule has 0 radical (unpaired) electrons. The van der Waals surface area contributed by atoms with Crippen molar-refractivity contribution in [2.75, 3.05) is 13.2 Å². The highest BCUT2D eigenvalue weighted by atomic mass is 127. The third-order valence-electron chi connectivity index (χ3n) is 1.86. The van der Waals surface area contributed by atoms with E-state index in [4.69, 9.17) is 5.11 Å². The SMILES string of the molecule is O=C(NCCCO)c1cc(I)cc(I)c1I. The summed E-state index contributed by atoms with van der Waals surface area (Å²) in [6.45, 7) is 0.606. The van der Waals surface area contributed by atoms with E-state index in [1.165, 1.54) is 0 Å². The van der Waals surface area contributed by atoms with Gasteiger partial charge in [0, 0.05) is 23.9 Å². The summed E-state index contributed by atoms with van der Waals surface area (Å²) in [6.07, 6.45) is 0.587. The zero-order chi connectivity index (χ0) is 12.1. The molecule has 0 saturated heterocycles. The van der Waals surface area contributed by atoms with E-state index >= 15 is 0 Å². The molecule has 0 atom stereocenters. The van der Waals surface area contributed by atoms with Crippen LogP contribution in [-0.4, -0.2) is 24.2 Å². The summed E-state index contributed by atoms with van der Waals surface area (Å²) in [5.41, 5.74) is 0.704. The van der Waals surface area contributed by atoms with Crippen LogP contribution in [0.4, 0.5) is 0 Å². The lowest BCUT2D eigenvalue weighted by atomic mass is 10.2. The van der Waals surface area contributed by atoms with Gasteiger partial charge >= 0.3 is 0 Å². The summed E-state index contributed by atoms with van der Waals surface area (Å²) in [6, 6.07) is 3.91. The van der Waals surface area contributed by atoms with Crippen molar-refractivity contribution in [2.24, 2.45) is 0 Å². The molecule has 0 heterocycles. The van der Waals surface area contributed by atoms with Crippen LogP contribution < -0.4 is 5.32 Å². The largest absolute Gasteiger partial charge is 0.396 e. The third-order valence-corrected chi connectivity index (χ3v) is 5.53. The summed E-state index contributed by atoms with van der Waals surface area (Å²) in [7, 11) is 0. The molecular weight excluding hydrogens is 547 g/mol. The second kappa shape index (κ2) is 7.31. The number of aliphatic hydroxyl groups excluding tert-OH is 1. The van der Waals surface area contributed by atoms with Gasteiger partial charge in [0.15, 0.2) is 0 Å². The standard InChI is InChI=1S/C10H10I3NO2/c11-6-4-7(9(13)8(12)5-6)10(16)14-2-1-3-15/h4-5,15H,1-3H2,(H,14,16). The lowest BCUT2D eigenvalue weighted by Gasteiger charge is -2.08. The maximum absolute atomic E-state index is 11.8. The van der Waals surface area contributed by atoms with Gasteiger partial charge < -0.3 is 10.4 Å². The quantitative estimate of drug-likeness (QED) is 0.340. The number of hydrogen-bond donors (Lipinski definition) is 2. The summed E-state index contributed by atoms with van der Waals surface area (Å²) in [4.78, 5) is 11.8. The number of benzene rings is 1. The van der Waals surface area contributed by atoms with E-state index in [1.807, 2.05) is 12.1 Å². The van der Waals surface area contributed by atoms with Crippen LogP contribution in [-0.2, 0) is 0 Å². The molecule has 0 saturated carbocycles. The Bertz CT molecular complexity index is 396. The van der Waals surface area contributed by atoms with Gasteiger partial charge in [-0.1, -0.05) is 0 Å². The van der Waals surface area contributed by atoms with Crippen LogP contribution in [0, 0.1) is 10.7 Å². The van der Waals surface area contributed by atoms with Crippen molar-refractivity contribution in [1.29, 1.82) is 0 Å². The average Bonchev–Trinajstić information content (AvgIpc) is 2.23. The van der Waals surface area contributed by atoms with Gasteiger partial charge in [-0.3, -0.25) is 4.79 Å². The van der Waals surface area contributed by atoms with E-state index < -0.39 is 0 Å². The van der Waals surface area contributed by atoms with Crippen molar-refractivity contribution >= 4 is 73.7 Å². The number of rotatable bonds is 4. The summed E-state index contributed by atoms with van der Waals surface area (Å²) >= 11 is 6.60. The fraction of sp³-hybridized carbons (Fsp3) is 0.300. The lowest BCUT2D eigenvalue weighted by molar-refractivity contribution is 0.0950. The van der Waals surface area contributed by atoms with Crippen molar-refractivity contribution in [3.63, 3.8) is 0 Å². The van der Waals surface area contributed by atoms with Gasteiger partial charge in [-0.2, -0.15) is 0 Å². The van der Waals surface area contributed by atoms with Crippen LogP contribution in [0.5, 0.6) is 0 Å². The molecule has 0 spiro atoms.